The second-order valence-electron chi connectivity index (χ2n) is 12.4. The number of nitrogens with zero attached hydrogens (tertiary/aromatic N) is 2. The van der Waals surface area contributed by atoms with E-state index >= 15 is 0 Å². The third-order valence-corrected chi connectivity index (χ3v) is 9.55. The second-order valence-corrected chi connectivity index (χ2v) is 12.4. The van der Waals surface area contributed by atoms with Crippen LogP contribution in [0.1, 0.15) is 97.0 Å². The van der Waals surface area contributed by atoms with E-state index in [-0.39, 0.29) is 36.2 Å². The lowest BCUT2D eigenvalue weighted by atomic mass is 9.67. The Labute approximate surface area is 230 Å². The molecule has 6 nitrogen and oxygen atoms in total. The van der Waals surface area contributed by atoms with Crippen molar-refractivity contribution in [1.82, 2.24) is 9.80 Å². The van der Waals surface area contributed by atoms with Crippen molar-refractivity contribution < 1.29 is 14.4 Å². The summed E-state index contributed by atoms with van der Waals surface area (Å²) >= 11 is 0. The van der Waals surface area contributed by atoms with Gasteiger partial charge in [-0.15, -0.1) is 0 Å². The summed E-state index contributed by atoms with van der Waals surface area (Å²) in [5.74, 6) is 0.889. The minimum atomic E-state index is -0.545. The van der Waals surface area contributed by atoms with Gasteiger partial charge >= 0.3 is 0 Å². The van der Waals surface area contributed by atoms with Gasteiger partial charge in [0.05, 0.1) is 13.1 Å². The molecule has 1 aromatic carbocycles. The van der Waals surface area contributed by atoms with Gasteiger partial charge in [0.25, 0.3) is 0 Å². The number of rotatable bonds is 10. The summed E-state index contributed by atoms with van der Waals surface area (Å²) in [5, 5.41) is 0. The molecule has 1 heterocycles. The first-order valence-electron chi connectivity index (χ1n) is 15.0. The van der Waals surface area contributed by atoms with E-state index < -0.39 is 5.91 Å². The standard InChI is InChI=1S/C32H51N3O3/c1-5-24(2)21-32(28-15-7-6-8-16-28)17-10-14-27(20-26-12-9-13-26)25(3)31(38)35(19-11-18-32)23-30(37)34(4)22-29(33)36/h6-8,15-16,24-27H,5,9-14,17-23H2,1-4H3,(H2,33,36)/t24?,25?,27?,32-/m0/s1. The predicted molar refractivity (Wildman–Crippen MR) is 153 cm³/mol. The molecule has 0 radical (unpaired) electrons. The van der Waals surface area contributed by atoms with E-state index in [2.05, 4.69) is 51.1 Å². The summed E-state index contributed by atoms with van der Waals surface area (Å²) in [7, 11) is 1.58. The maximum absolute atomic E-state index is 13.9. The molecule has 212 valence electrons. The minimum Gasteiger partial charge on any atom is -0.368 e. The fraction of sp³-hybridized carbons (Fsp3) is 0.719. The van der Waals surface area contributed by atoms with Crippen LogP contribution in [0.2, 0.25) is 0 Å². The second kappa shape index (κ2) is 14.1. The quantitative estimate of drug-likeness (QED) is 0.435. The number of hydrogen-bond donors (Lipinski definition) is 1. The van der Waals surface area contributed by atoms with Gasteiger partial charge in [-0.2, -0.15) is 0 Å². The summed E-state index contributed by atoms with van der Waals surface area (Å²) in [4.78, 5) is 41.4. The Kier molecular flexibility index (Phi) is 11.2. The first-order chi connectivity index (χ1) is 18.1. The van der Waals surface area contributed by atoms with Crippen molar-refractivity contribution in [3.05, 3.63) is 35.9 Å². The zero-order valence-corrected chi connectivity index (χ0v) is 24.3. The van der Waals surface area contributed by atoms with E-state index in [0.717, 1.165) is 57.3 Å². The van der Waals surface area contributed by atoms with Crippen LogP contribution >= 0.6 is 0 Å². The smallest absolute Gasteiger partial charge is 0.242 e. The number of carbonyl (C=O) groups is 3. The van der Waals surface area contributed by atoms with E-state index in [1.807, 2.05) is 0 Å². The summed E-state index contributed by atoms with van der Waals surface area (Å²) in [6.07, 6.45) is 12.4. The number of benzene rings is 1. The van der Waals surface area contributed by atoms with Crippen LogP contribution in [0.4, 0.5) is 0 Å². The normalized spacial score (nSPS) is 26.2. The van der Waals surface area contributed by atoms with Crippen molar-refractivity contribution in [2.75, 3.05) is 26.7 Å². The Hall–Kier alpha value is -2.37. The highest BCUT2D eigenvalue weighted by Gasteiger charge is 2.37. The van der Waals surface area contributed by atoms with Crippen molar-refractivity contribution in [3.8, 4) is 0 Å². The highest BCUT2D eigenvalue weighted by Crippen LogP contribution is 2.44. The fourth-order valence-electron chi connectivity index (χ4n) is 6.74. The van der Waals surface area contributed by atoms with Crippen molar-refractivity contribution in [1.29, 1.82) is 0 Å². The van der Waals surface area contributed by atoms with Crippen molar-refractivity contribution in [2.45, 2.75) is 96.8 Å². The van der Waals surface area contributed by atoms with Crippen LogP contribution in [0.15, 0.2) is 30.3 Å². The third-order valence-electron chi connectivity index (χ3n) is 9.55. The van der Waals surface area contributed by atoms with Crippen LogP contribution in [0.25, 0.3) is 0 Å². The number of nitrogens with two attached hydrogens (primary N) is 1. The molecule has 1 aliphatic heterocycles. The van der Waals surface area contributed by atoms with Gasteiger partial charge in [-0.25, -0.2) is 0 Å². The number of amides is 3. The molecule has 3 unspecified atom stereocenters. The maximum Gasteiger partial charge on any atom is 0.242 e. The van der Waals surface area contributed by atoms with Crippen LogP contribution in [-0.4, -0.2) is 54.2 Å². The Bertz CT molecular complexity index is 916. The van der Waals surface area contributed by atoms with Gasteiger partial charge in [-0.3, -0.25) is 14.4 Å². The number of hydrogen-bond acceptors (Lipinski definition) is 3. The van der Waals surface area contributed by atoms with Crippen LogP contribution in [-0.2, 0) is 19.8 Å². The molecular formula is C32H51N3O3. The summed E-state index contributed by atoms with van der Waals surface area (Å²) in [6, 6.07) is 11.0. The summed E-state index contributed by atoms with van der Waals surface area (Å²) < 4.78 is 0. The zero-order valence-electron chi connectivity index (χ0n) is 24.3. The lowest BCUT2D eigenvalue weighted by molar-refractivity contribution is -0.144. The van der Waals surface area contributed by atoms with Gasteiger partial charge in [0.1, 0.15) is 0 Å². The molecule has 1 saturated heterocycles. The summed E-state index contributed by atoms with van der Waals surface area (Å²) in [6.45, 7) is 7.15. The lowest BCUT2D eigenvalue weighted by Crippen LogP contribution is -2.46. The summed E-state index contributed by atoms with van der Waals surface area (Å²) in [5.41, 5.74) is 6.81. The molecule has 0 spiro atoms. The Morgan fingerprint density at radius 1 is 1.11 bits per heavy atom. The molecule has 2 N–H and O–H groups in total. The maximum atomic E-state index is 13.9. The molecule has 0 aromatic heterocycles. The minimum absolute atomic E-state index is 0.00675. The van der Waals surface area contributed by atoms with Gasteiger partial charge in [-0.05, 0) is 67.3 Å². The zero-order chi connectivity index (χ0) is 27.7. The average molecular weight is 526 g/mol. The molecule has 0 bridgehead atoms. The molecule has 3 amide bonds. The van der Waals surface area contributed by atoms with E-state index in [1.54, 1.807) is 11.9 Å². The monoisotopic (exact) mass is 525 g/mol. The average Bonchev–Trinajstić information content (AvgIpc) is 2.89. The number of carbonyl (C=O) groups excluding carboxylic acids is 3. The van der Waals surface area contributed by atoms with Crippen molar-refractivity contribution in [2.24, 2.45) is 29.4 Å². The Morgan fingerprint density at radius 3 is 2.39 bits per heavy atom. The van der Waals surface area contributed by atoms with Crippen LogP contribution in [0.5, 0.6) is 0 Å². The van der Waals surface area contributed by atoms with Crippen LogP contribution in [0, 0.1) is 23.7 Å². The molecule has 2 aliphatic rings. The first-order valence-corrected chi connectivity index (χ1v) is 15.0. The SMILES string of the molecule is CCC(C)C[C@]1(c2ccccc2)CCCC(CC2CCC2)C(C)C(=O)N(CC(=O)N(C)CC(N)=O)CCC1. The van der Waals surface area contributed by atoms with Crippen LogP contribution in [0.3, 0.4) is 0 Å². The topological polar surface area (TPSA) is 83.7 Å². The molecule has 38 heavy (non-hydrogen) atoms. The van der Waals surface area contributed by atoms with Gasteiger partial charge in [-0.1, -0.05) is 83.2 Å². The first kappa shape index (κ1) is 30.2. The molecule has 2 fully saturated rings. The number of likely N-dealkylation sites (N-methyl/N-ethyl adjacent to an activating group) is 1. The van der Waals surface area contributed by atoms with Gasteiger partial charge in [0.2, 0.25) is 17.7 Å². The molecular weight excluding hydrogens is 474 g/mol. The van der Waals surface area contributed by atoms with Gasteiger partial charge in [0.15, 0.2) is 0 Å². The van der Waals surface area contributed by atoms with Gasteiger partial charge < -0.3 is 15.5 Å². The molecule has 1 saturated carbocycles. The Balaban J connectivity index is 1.90. The fourth-order valence-corrected chi connectivity index (χ4v) is 6.74. The number of primary amides is 1. The van der Waals surface area contributed by atoms with E-state index in [0.29, 0.717) is 18.4 Å². The largest absolute Gasteiger partial charge is 0.368 e. The Morgan fingerprint density at radius 2 is 1.79 bits per heavy atom. The molecule has 3 rings (SSSR count). The van der Waals surface area contributed by atoms with E-state index in [1.165, 1.54) is 29.7 Å². The van der Waals surface area contributed by atoms with Gasteiger partial charge in [0, 0.05) is 19.5 Å². The highest BCUT2D eigenvalue weighted by atomic mass is 16.2. The van der Waals surface area contributed by atoms with Crippen molar-refractivity contribution >= 4 is 17.7 Å². The van der Waals surface area contributed by atoms with Crippen LogP contribution < -0.4 is 5.73 Å². The molecule has 6 heteroatoms. The predicted octanol–water partition coefficient (Wildman–Crippen LogP) is 5.54. The molecule has 4 atom stereocenters. The van der Waals surface area contributed by atoms with E-state index in [4.69, 9.17) is 5.73 Å². The highest BCUT2D eigenvalue weighted by molar-refractivity contribution is 5.88. The molecule has 1 aliphatic carbocycles. The van der Waals surface area contributed by atoms with E-state index in [9.17, 15) is 14.4 Å². The lowest BCUT2D eigenvalue weighted by Gasteiger charge is -2.38. The van der Waals surface area contributed by atoms with Crippen molar-refractivity contribution in [3.63, 3.8) is 0 Å². The third kappa shape index (κ3) is 8.07. The molecule has 1 aromatic rings.